The number of carbonyl (C=O) groups excluding carboxylic acids is 1. The minimum Gasteiger partial charge on any atom is -0.467 e. The molecule has 0 saturated heterocycles. The number of nitrogens with one attached hydrogen (secondary N) is 2. The Labute approximate surface area is 158 Å². The first-order valence-electron chi connectivity index (χ1n) is 9.11. The van der Waals surface area contributed by atoms with Crippen molar-refractivity contribution in [1.82, 2.24) is 10.3 Å². The molecule has 0 radical (unpaired) electrons. The van der Waals surface area contributed by atoms with Crippen molar-refractivity contribution in [3.63, 3.8) is 0 Å². The average Bonchev–Trinajstić information content (AvgIpc) is 3.33. The van der Waals surface area contributed by atoms with Gasteiger partial charge in [0.1, 0.15) is 5.76 Å². The van der Waals surface area contributed by atoms with Crippen LogP contribution in [0.1, 0.15) is 40.3 Å². The molecule has 2 atom stereocenters. The maximum atomic E-state index is 13.3. The lowest BCUT2D eigenvalue weighted by molar-refractivity contribution is 0.0946. The fraction of sp³-hybridized carbons (Fsp3) is 0.174. The van der Waals surface area contributed by atoms with Crippen LogP contribution in [0.15, 0.2) is 77.4 Å². The van der Waals surface area contributed by atoms with Gasteiger partial charge in [0.25, 0.3) is 0 Å². The van der Waals surface area contributed by atoms with E-state index in [-0.39, 0.29) is 17.9 Å². The number of para-hydroxylation sites is 1. The number of hydrogen-bond acceptors (Lipinski definition) is 3. The highest BCUT2D eigenvalue weighted by molar-refractivity contribution is 6.11. The number of Topliss-reactive ketones (excluding diaryl/α,β-unsaturated/α-hetero) is 1. The molecule has 4 heteroatoms. The van der Waals surface area contributed by atoms with Crippen molar-refractivity contribution in [2.24, 2.45) is 0 Å². The van der Waals surface area contributed by atoms with Crippen LogP contribution in [0, 0.1) is 6.92 Å². The van der Waals surface area contributed by atoms with Gasteiger partial charge in [-0.2, -0.15) is 0 Å². The number of benzene rings is 2. The fourth-order valence-electron chi connectivity index (χ4n) is 3.58. The van der Waals surface area contributed by atoms with Crippen LogP contribution in [0.5, 0.6) is 0 Å². The number of aryl methyl sites for hydroxylation is 1. The van der Waals surface area contributed by atoms with Crippen LogP contribution in [0.4, 0.5) is 0 Å². The number of aromatic amines is 1. The Morgan fingerprint density at radius 3 is 2.48 bits per heavy atom. The predicted molar refractivity (Wildman–Crippen MR) is 107 cm³/mol. The van der Waals surface area contributed by atoms with E-state index in [1.54, 1.807) is 6.26 Å². The van der Waals surface area contributed by atoms with Gasteiger partial charge in [-0.25, -0.2) is 0 Å². The number of furan rings is 1. The summed E-state index contributed by atoms with van der Waals surface area (Å²) in [6, 6.07) is 21.2. The lowest BCUT2D eigenvalue weighted by Gasteiger charge is -2.22. The largest absolute Gasteiger partial charge is 0.467 e. The molecule has 0 aliphatic rings. The lowest BCUT2D eigenvalue weighted by Crippen LogP contribution is -2.37. The first-order valence-corrected chi connectivity index (χ1v) is 9.11. The zero-order chi connectivity index (χ0) is 18.8. The molecule has 4 aromatic rings. The Kier molecular flexibility index (Phi) is 4.65. The van der Waals surface area contributed by atoms with Crippen molar-refractivity contribution in [3.8, 4) is 0 Å². The van der Waals surface area contributed by atoms with Gasteiger partial charge in [-0.1, -0.05) is 48.5 Å². The molecule has 4 rings (SSSR count). The molecule has 0 bridgehead atoms. The van der Waals surface area contributed by atoms with E-state index in [1.807, 2.05) is 80.6 Å². The highest BCUT2D eigenvalue weighted by Gasteiger charge is 2.26. The summed E-state index contributed by atoms with van der Waals surface area (Å²) in [7, 11) is 0. The second-order valence-electron chi connectivity index (χ2n) is 6.78. The number of H-pyrrole nitrogens is 1. The summed E-state index contributed by atoms with van der Waals surface area (Å²) in [5.74, 6) is 0.855. The van der Waals surface area contributed by atoms with Crippen LogP contribution >= 0.6 is 0 Å². The van der Waals surface area contributed by atoms with Gasteiger partial charge < -0.3 is 9.40 Å². The maximum Gasteiger partial charge on any atom is 0.181 e. The molecule has 2 heterocycles. The molecule has 136 valence electrons. The van der Waals surface area contributed by atoms with Crippen LogP contribution in [-0.4, -0.2) is 16.8 Å². The van der Waals surface area contributed by atoms with Crippen molar-refractivity contribution < 1.29 is 9.21 Å². The predicted octanol–water partition coefficient (Wildman–Crippen LogP) is 5.02. The third-order valence-corrected chi connectivity index (χ3v) is 4.91. The van der Waals surface area contributed by atoms with Gasteiger partial charge in [0.2, 0.25) is 0 Å². The van der Waals surface area contributed by atoms with E-state index < -0.39 is 0 Å². The van der Waals surface area contributed by atoms with E-state index in [1.165, 1.54) is 0 Å². The summed E-state index contributed by atoms with van der Waals surface area (Å²) >= 11 is 0. The fourth-order valence-corrected chi connectivity index (χ4v) is 3.58. The van der Waals surface area contributed by atoms with E-state index in [0.717, 1.165) is 33.5 Å². The highest BCUT2D eigenvalue weighted by atomic mass is 16.3. The highest BCUT2D eigenvalue weighted by Crippen LogP contribution is 2.26. The van der Waals surface area contributed by atoms with Gasteiger partial charge in [-0.15, -0.1) is 0 Å². The van der Waals surface area contributed by atoms with Crippen LogP contribution in [0.3, 0.4) is 0 Å². The van der Waals surface area contributed by atoms with Gasteiger partial charge >= 0.3 is 0 Å². The molecule has 0 saturated carbocycles. The van der Waals surface area contributed by atoms with E-state index in [2.05, 4.69) is 10.3 Å². The topological polar surface area (TPSA) is 58.0 Å². The second kappa shape index (κ2) is 7.25. The maximum absolute atomic E-state index is 13.3. The van der Waals surface area contributed by atoms with Crippen LogP contribution in [0.25, 0.3) is 10.9 Å². The molecular weight excluding hydrogens is 336 g/mol. The number of ketones is 1. The van der Waals surface area contributed by atoms with E-state index in [4.69, 9.17) is 4.42 Å². The Morgan fingerprint density at radius 1 is 1.00 bits per heavy atom. The van der Waals surface area contributed by atoms with E-state index in [9.17, 15) is 4.79 Å². The Bertz CT molecular complexity index is 1050. The van der Waals surface area contributed by atoms with Crippen LogP contribution in [0.2, 0.25) is 0 Å². The Morgan fingerprint density at radius 2 is 1.74 bits per heavy atom. The third-order valence-electron chi connectivity index (χ3n) is 4.91. The molecule has 27 heavy (non-hydrogen) atoms. The van der Waals surface area contributed by atoms with Gasteiger partial charge in [-0.05, 0) is 37.6 Å². The quantitative estimate of drug-likeness (QED) is 0.476. The molecule has 0 fully saturated rings. The van der Waals surface area contributed by atoms with Crippen LogP contribution < -0.4 is 5.32 Å². The lowest BCUT2D eigenvalue weighted by atomic mass is 9.99. The standard InChI is InChI=1S/C23H22N2O2/c1-15-21(18-11-6-7-12-19(18)24-15)23(26)16(2)25-22(20-13-8-14-27-20)17-9-4-3-5-10-17/h3-14,16,22,24-25H,1-2H3/t16-,22-/m0/s1. The Hall–Kier alpha value is -3.11. The number of carbonyl (C=O) groups is 1. The zero-order valence-electron chi connectivity index (χ0n) is 15.4. The number of rotatable bonds is 6. The molecule has 0 spiro atoms. The summed E-state index contributed by atoms with van der Waals surface area (Å²) in [6.07, 6.45) is 1.66. The summed E-state index contributed by atoms with van der Waals surface area (Å²) in [5.41, 5.74) is 3.68. The van der Waals surface area contributed by atoms with Crippen molar-refractivity contribution in [3.05, 3.63) is 95.6 Å². The van der Waals surface area contributed by atoms with Gasteiger partial charge in [0, 0.05) is 22.2 Å². The molecule has 0 aliphatic carbocycles. The first-order chi connectivity index (χ1) is 13.1. The summed E-state index contributed by atoms with van der Waals surface area (Å²) < 4.78 is 5.64. The van der Waals surface area contributed by atoms with Crippen LogP contribution in [-0.2, 0) is 0 Å². The zero-order valence-corrected chi connectivity index (χ0v) is 15.4. The molecule has 2 aromatic carbocycles. The normalized spacial score (nSPS) is 13.6. The molecule has 2 N–H and O–H groups in total. The van der Waals surface area contributed by atoms with E-state index in [0.29, 0.717) is 0 Å². The first kappa shape index (κ1) is 17.3. The molecule has 0 aliphatic heterocycles. The number of aromatic nitrogens is 1. The summed E-state index contributed by atoms with van der Waals surface area (Å²) in [6.45, 7) is 3.85. The number of hydrogen-bond donors (Lipinski definition) is 2. The average molecular weight is 358 g/mol. The molecule has 0 unspecified atom stereocenters. The van der Waals surface area contributed by atoms with Gasteiger partial charge in [0.15, 0.2) is 5.78 Å². The SMILES string of the molecule is Cc1[nH]c2ccccc2c1C(=O)[C@H](C)N[C@@H](c1ccccc1)c1ccco1. The van der Waals surface area contributed by atoms with Crippen molar-refractivity contribution >= 4 is 16.7 Å². The molecule has 0 amide bonds. The van der Waals surface area contributed by atoms with Crippen molar-refractivity contribution in [2.45, 2.75) is 25.9 Å². The minimum absolute atomic E-state index is 0.0671. The van der Waals surface area contributed by atoms with Crippen molar-refractivity contribution in [2.75, 3.05) is 0 Å². The second-order valence-corrected chi connectivity index (χ2v) is 6.78. The van der Waals surface area contributed by atoms with Gasteiger partial charge in [0.05, 0.1) is 18.3 Å². The third kappa shape index (κ3) is 3.32. The number of fused-ring (bicyclic) bond motifs is 1. The molecular formula is C23H22N2O2. The Balaban J connectivity index is 1.66. The van der Waals surface area contributed by atoms with Crippen molar-refractivity contribution in [1.29, 1.82) is 0 Å². The van der Waals surface area contributed by atoms with E-state index >= 15 is 0 Å². The summed E-state index contributed by atoms with van der Waals surface area (Å²) in [4.78, 5) is 16.6. The monoisotopic (exact) mass is 358 g/mol. The summed E-state index contributed by atoms with van der Waals surface area (Å²) in [5, 5.41) is 4.42. The molecule has 2 aromatic heterocycles. The van der Waals surface area contributed by atoms with Gasteiger partial charge in [-0.3, -0.25) is 10.1 Å². The smallest absolute Gasteiger partial charge is 0.181 e. The minimum atomic E-state index is -0.377. The molecule has 4 nitrogen and oxygen atoms in total.